The van der Waals surface area contributed by atoms with E-state index in [0.29, 0.717) is 11.4 Å². The molecule has 0 aliphatic heterocycles. The molecule has 7 nitrogen and oxygen atoms in total. The highest BCUT2D eigenvalue weighted by Gasteiger charge is 2.06. The average Bonchev–Trinajstić information content (AvgIpc) is 2.58. The summed E-state index contributed by atoms with van der Waals surface area (Å²) in [5.74, 6) is 0.883. The smallest absolute Gasteiger partial charge is 0.274 e. The van der Waals surface area contributed by atoms with E-state index in [4.69, 9.17) is 4.74 Å². The normalized spacial score (nSPS) is 11.0. The summed E-state index contributed by atoms with van der Waals surface area (Å²) in [6.45, 7) is 1.58. The van der Waals surface area contributed by atoms with Gasteiger partial charge in [0.1, 0.15) is 11.4 Å². The summed E-state index contributed by atoms with van der Waals surface area (Å²) >= 11 is 0. The number of aromatic nitrogens is 3. The number of methoxy groups -OCH3 is 1. The summed E-state index contributed by atoms with van der Waals surface area (Å²) in [4.78, 5) is 14.0. The minimum absolute atomic E-state index is 0.177. The molecular weight excluding hydrogens is 294 g/mol. The van der Waals surface area contributed by atoms with Crippen LogP contribution in [0.5, 0.6) is 5.75 Å². The van der Waals surface area contributed by atoms with Gasteiger partial charge in [0.2, 0.25) is 5.95 Å². The highest BCUT2D eigenvalue weighted by atomic mass is 16.5. The predicted molar refractivity (Wildman–Crippen MR) is 89.1 cm³/mol. The van der Waals surface area contributed by atoms with Gasteiger partial charge in [0.25, 0.3) is 5.56 Å². The molecule has 23 heavy (non-hydrogen) atoms. The number of hydrogen-bond donors (Lipinski definition) is 2. The van der Waals surface area contributed by atoms with Gasteiger partial charge in [-0.15, -0.1) is 10.2 Å². The maximum atomic E-state index is 11.5. The van der Waals surface area contributed by atoms with E-state index < -0.39 is 0 Å². The zero-order valence-corrected chi connectivity index (χ0v) is 12.7. The Morgan fingerprint density at radius 2 is 2.04 bits per heavy atom. The van der Waals surface area contributed by atoms with Crippen LogP contribution in [0.3, 0.4) is 0 Å². The minimum atomic E-state index is -0.305. The monoisotopic (exact) mass is 309 g/mol. The molecule has 0 radical (unpaired) electrons. The summed E-state index contributed by atoms with van der Waals surface area (Å²) in [6, 6.07) is 11.8. The molecule has 0 fully saturated rings. The fraction of sp³-hybridized carbons (Fsp3) is 0.125. The topological polar surface area (TPSA) is 92.3 Å². The van der Waals surface area contributed by atoms with Crippen LogP contribution in [0.4, 0.5) is 5.95 Å². The molecule has 0 aliphatic rings. The Bertz CT molecular complexity index is 933. The van der Waals surface area contributed by atoms with Gasteiger partial charge < -0.3 is 4.74 Å². The van der Waals surface area contributed by atoms with Crippen molar-refractivity contribution in [2.45, 2.75) is 6.92 Å². The van der Waals surface area contributed by atoms with Crippen molar-refractivity contribution < 1.29 is 4.74 Å². The lowest BCUT2D eigenvalue weighted by molar-refractivity contribution is 0.415. The molecule has 0 atom stereocenters. The number of aromatic amines is 1. The lowest BCUT2D eigenvalue weighted by Crippen LogP contribution is -2.15. The van der Waals surface area contributed by atoms with Crippen LogP contribution >= 0.6 is 0 Å². The molecule has 0 bridgehead atoms. The first-order valence-electron chi connectivity index (χ1n) is 6.97. The summed E-state index contributed by atoms with van der Waals surface area (Å²) in [7, 11) is 1.61. The highest BCUT2D eigenvalue weighted by molar-refractivity contribution is 6.02. The third-order valence-electron chi connectivity index (χ3n) is 3.38. The van der Waals surface area contributed by atoms with Crippen LogP contribution in [-0.2, 0) is 0 Å². The lowest BCUT2D eigenvalue weighted by Gasteiger charge is -2.08. The van der Waals surface area contributed by atoms with Crippen LogP contribution in [0, 0.1) is 6.92 Å². The Morgan fingerprint density at radius 3 is 2.83 bits per heavy atom. The molecule has 2 N–H and O–H groups in total. The number of nitrogens with zero attached hydrogens (tertiary/aromatic N) is 3. The van der Waals surface area contributed by atoms with E-state index in [1.165, 1.54) is 0 Å². The maximum Gasteiger partial charge on any atom is 0.274 e. The number of hydrogen-bond acceptors (Lipinski definition) is 6. The Morgan fingerprint density at radius 1 is 1.22 bits per heavy atom. The number of hydrazone groups is 1. The van der Waals surface area contributed by atoms with E-state index in [-0.39, 0.29) is 11.5 Å². The van der Waals surface area contributed by atoms with Gasteiger partial charge in [0.15, 0.2) is 0 Å². The quantitative estimate of drug-likeness (QED) is 0.568. The van der Waals surface area contributed by atoms with Crippen molar-refractivity contribution in [2.24, 2.45) is 5.10 Å². The molecule has 3 aromatic rings. The third-order valence-corrected chi connectivity index (χ3v) is 3.38. The third kappa shape index (κ3) is 3.03. The van der Waals surface area contributed by atoms with E-state index in [1.54, 1.807) is 20.2 Å². The molecule has 0 saturated carbocycles. The lowest BCUT2D eigenvalue weighted by atomic mass is 10.0. The number of nitrogens with one attached hydrogen (secondary N) is 2. The number of aryl methyl sites for hydroxylation is 1. The number of ether oxygens (including phenoxy) is 1. The molecule has 2 aromatic carbocycles. The maximum absolute atomic E-state index is 11.5. The number of rotatable bonds is 4. The summed E-state index contributed by atoms with van der Waals surface area (Å²) in [5, 5.41) is 13.8. The second-order valence-electron chi connectivity index (χ2n) is 4.86. The van der Waals surface area contributed by atoms with Gasteiger partial charge in [-0.1, -0.05) is 30.3 Å². The summed E-state index contributed by atoms with van der Waals surface area (Å²) in [6.07, 6.45) is 1.63. The average molecular weight is 309 g/mol. The first-order valence-corrected chi connectivity index (χ1v) is 6.97. The first-order chi connectivity index (χ1) is 11.2. The molecule has 0 saturated heterocycles. The Kier molecular flexibility index (Phi) is 4.01. The van der Waals surface area contributed by atoms with Gasteiger partial charge in [-0.25, -0.2) is 5.43 Å². The summed E-state index contributed by atoms with van der Waals surface area (Å²) in [5.41, 5.74) is 3.49. The second-order valence-corrected chi connectivity index (χ2v) is 4.86. The van der Waals surface area contributed by atoms with Crippen molar-refractivity contribution >= 4 is 22.9 Å². The van der Waals surface area contributed by atoms with Crippen molar-refractivity contribution in [3.8, 4) is 5.75 Å². The van der Waals surface area contributed by atoms with E-state index in [0.717, 1.165) is 16.3 Å². The van der Waals surface area contributed by atoms with Crippen LogP contribution in [0.15, 0.2) is 46.3 Å². The van der Waals surface area contributed by atoms with Gasteiger partial charge in [0.05, 0.1) is 13.3 Å². The number of H-pyrrole nitrogens is 1. The Hall–Kier alpha value is -3.22. The van der Waals surface area contributed by atoms with Crippen molar-refractivity contribution in [1.82, 2.24) is 15.2 Å². The molecule has 1 aromatic heterocycles. The van der Waals surface area contributed by atoms with E-state index in [1.807, 2.05) is 36.4 Å². The molecule has 0 unspecified atom stereocenters. The number of benzene rings is 2. The fourth-order valence-corrected chi connectivity index (χ4v) is 2.19. The molecular formula is C16H15N5O2. The Balaban J connectivity index is 1.93. The zero-order chi connectivity index (χ0) is 16.2. The van der Waals surface area contributed by atoms with Crippen LogP contribution in [0.2, 0.25) is 0 Å². The predicted octanol–water partition coefficient (Wildman–Crippen LogP) is 2.08. The van der Waals surface area contributed by atoms with Crippen LogP contribution < -0.4 is 15.7 Å². The molecule has 3 rings (SSSR count). The highest BCUT2D eigenvalue weighted by Crippen LogP contribution is 2.26. The van der Waals surface area contributed by atoms with Gasteiger partial charge in [-0.2, -0.15) is 5.10 Å². The number of fused-ring (bicyclic) bond motifs is 1. The molecule has 0 aliphatic carbocycles. The molecule has 116 valence electrons. The minimum Gasteiger partial charge on any atom is -0.496 e. The number of anilines is 1. The van der Waals surface area contributed by atoms with Crippen molar-refractivity contribution in [2.75, 3.05) is 12.5 Å². The van der Waals surface area contributed by atoms with Crippen molar-refractivity contribution in [1.29, 1.82) is 0 Å². The van der Waals surface area contributed by atoms with Gasteiger partial charge in [0, 0.05) is 5.56 Å². The van der Waals surface area contributed by atoms with Gasteiger partial charge in [-0.3, -0.25) is 9.78 Å². The van der Waals surface area contributed by atoms with Crippen LogP contribution in [0.1, 0.15) is 11.3 Å². The molecule has 7 heteroatoms. The van der Waals surface area contributed by atoms with E-state index >= 15 is 0 Å². The van der Waals surface area contributed by atoms with Gasteiger partial charge >= 0.3 is 0 Å². The van der Waals surface area contributed by atoms with Crippen LogP contribution in [-0.4, -0.2) is 28.5 Å². The van der Waals surface area contributed by atoms with Crippen molar-refractivity contribution in [3.63, 3.8) is 0 Å². The van der Waals surface area contributed by atoms with Crippen LogP contribution in [0.25, 0.3) is 10.8 Å². The Labute approximate surface area is 132 Å². The van der Waals surface area contributed by atoms with E-state index in [2.05, 4.69) is 25.7 Å². The second kappa shape index (κ2) is 6.27. The first kappa shape index (κ1) is 14.7. The summed E-state index contributed by atoms with van der Waals surface area (Å²) < 4.78 is 5.39. The molecule has 1 heterocycles. The largest absolute Gasteiger partial charge is 0.496 e. The van der Waals surface area contributed by atoms with Crippen molar-refractivity contribution in [3.05, 3.63) is 58.0 Å². The van der Waals surface area contributed by atoms with E-state index in [9.17, 15) is 4.79 Å². The fourth-order valence-electron chi connectivity index (χ4n) is 2.19. The SMILES string of the molecule is COc1ccc2ccccc2c1/C=N\Nc1nnc(C)c(=O)[nH]1. The molecule has 0 amide bonds. The van der Waals surface area contributed by atoms with Gasteiger partial charge in [-0.05, 0) is 23.8 Å². The molecule has 0 spiro atoms. The standard InChI is InChI=1S/C16H15N5O2/c1-10-15(22)18-16(21-19-10)20-17-9-13-12-6-4-3-5-11(12)7-8-14(13)23-2/h3-9H,1-2H3,(H2,18,20,21,22)/b17-9-. The zero-order valence-electron chi connectivity index (χ0n) is 12.7.